The second-order valence-electron chi connectivity index (χ2n) is 23.9. The zero-order valence-electron chi connectivity index (χ0n) is 45.8. The first-order chi connectivity index (χ1) is 38.9. The number of para-hydroxylation sites is 4. The van der Waals surface area contributed by atoms with Gasteiger partial charge in [0.1, 0.15) is 34.2 Å². The second kappa shape index (κ2) is 17.6. The highest BCUT2D eigenvalue weighted by molar-refractivity contribution is 6.11. The van der Waals surface area contributed by atoms with Crippen LogP contribution >= 0.6 is 0 Å². The van der Waals surface area contributed by atoms with Crippen molar-refractivity contribution in [1.29, 1.82) is 0 Å². The Hall–Kier alpha value is -9.38. The van der Waals surface area contributed by atoms with Crippen LogP contribution in [-0.4, -0.2) is 0 Å². The first-order valence-electron chi connectivity index (χ1n) is 28.0. The Bertz CT molecular complexity index is 4350. The normalized spacial score (nSPS) is 14.3. The van der Waals surface area contributed by atoms with Crippen molar-refractivity contribution in [3.05, 3.63) is 304 Å². The molecule has 1 aromatic heterocycles. The van der Waals surface area contributed by atoms with Crippen molar-refractivity contribution in [3.63, 3.8) is 0 Å². The van der Waals surface area contributed by atoms with Gasteiger partial charge in [-0.3, -0.25) is 0 Å². The van der Waals surface area contributed by atoms with Crippen LogP contribution in [0.2, 0.25) is 0 Å². The minimum atomic E-state index is -0.756. The van der Waals surface area contributed by atoms with Crippen molar-refractivity contribution < 1.29 is 13.9 Å². The topological polar surface area (TPSA) is 34.8 Å². The third kappa shape index (κ3) is 6.88. The fourth-order valence-corrected chi connectivity index (χ4v) is 13.7. The van der Waals surface area contributed by atoms with Crippen LogP contribution in [0.5, 0.6) is 23.0 Å². The van der Waals surface area contributed by atoms with Crippen LogP contribution in [0.25, 0.3) is 44.2 Å². The van der Waals surface area contributed by atoms with E-state index in [0.717, 1.165) is 112 Å². The molecule has 3 aliphatic rings. The van der Waals surface area contributed by atoms with Gasteiger partial charge < -0.3 is 18.8 Å². The molecule has 15 rings (SSSR count). The van der Waals surface area contributed by atoms with E-state index >= 15 is 0 Å². The van der Waals surface area contributed by atoms with Crippen LogP contribution in [0.3, 0.4) is 0 Å². The van der Waals surface area contributed by atoms with Gasteiger partial charge in [-0.1, -0.05) is 224 Å². The predicted octanol–water partition coefficient (Wildman–Crippen LogP) is 20.3. The van der Waals surface area contributed by atoms with E-state index in [4.69, 9.17) is 13.9 Å². The number of anilines is 3. The lowest BCUT2D eigenvalue weighted by Gasteiger charge is -2.42. The highest BCUT2D eigenvalue weighted by Crippen LogP contribution is 2.66. The Labute approximate surface area is 468 Å². The Morgan fingerprint density at radius 1 is 0.338 bits per heavy atom. The van der Waals surface area contributed by atoms with Gasteiger partial charge in [0.05, 0.1) is 22.2 Å². The smallest absolute Gasteiger partial charge is 0.143 e. The van der Waals surface area contributed by atoms with E-state index in [-0.39, 0.29) is 10.8 Å². The average Bonchev–Trinajstić information content (AvgIpc) is 2.32. The molecule has 0 saturated heterocycles. The molecule has 0 N–H and O–H groups in total. The molecule has 0 atom stereocenters. The molecule has 0 unspecified atom stereocenters. The van der Waals surface area contributed by atoms with Gasteiger partial charge in [-0.05, 0) is 117 Å². The number of fused-ring (bicyclic) bond motifs is 14. The SMILES string of the molecule is CC(C)(C)c1ccc2c(c1)C1(c3cc(C(C)(C)C)ccc3O2)c2ccccc2-c2c(N(c3ccc4c(c3)C(c3ccccc3)(c3ccccc3)c3ccccc3O4)c3ccccc3-c3cccc4c3oc3ccccc34)cccc21. The Balaban J connectivity index is 1.07. The number of nitrogens with zero attached hydrogens (tertiary/aromatic N) is 1. The highest BCUT2D eigenvalue weighted by atomic mass is 16.5. The van der Waals surface area contributed by atoms with Crippen molar-refractivity contribution in [2.45, 2.75) is 63.2 Å². The second-order valence-corrected chi connectivity index (χ2v) is 23.9. The van der Waals surface area contributed by atoms with Crippen molar-refractivity contribution in [1.82, 2.24) is 0 Å². The number of ether oxygens (including phenoxy) is 2. The van der Waals surface area contributed by atoms with Crippen LogP contribution < -0.4 is 14.4 Å². The summed E-state index contributed by atoms with van der Waals surface area (Å²) in [7, 11) is 0. The molecular weight excluding hydrogens is 975 g/mol. The molecule has 4 heteroatoms. The van der Waals surface area contributed by atoms with Gasteiger partial charge >= 0.3 is 0 Å². The van der Waals surface area contributed by atoms with Gasteiger partial charge in [0.25, 0.3) is 0 Å². The minimum Gasteiger partial charge on any atom is -0.457 e. The van der Waals surface area contributed by atoms with E-state index in [1.807, 2.05) is 6.07 Å². The first-order valence-corrected chi connectivity index (χ1v) is 28.0. The lowest BCUT2D eigenvalue weighted by Crippen LogP contribution is -2.34. The number of hydrogen-bond donors (Lipinski definition) is 0. The van der Waals surface area contributed by atoms with Gasteiger partial charge in [-0.25, -0.2) is 0 Å². The maximum absolute atomic E-state index is 7.11. The van der Waals surface area contributed by atoms with Gasteiger partial charge in [0.15, 0.2) is 0 Å². The molecule has 11 aromatic carbocycles. The molecule has 0 fully saturated rings. The van der Waals surface area contributed by atoms with E-state index in [1.54, 1.807) is 0 Å². The summed E-state index contributed by atoms with van der Waals surface area (Å²) in [4.78, 5) is 2.52. The molecule has 2 aliphatic heterocycles. The minimum absolute atomic E-state index is 0.124. The standard InChI is InChI=1S/C76H59NO3/c1-73(2,3)50-39-42-68-61(45-50)76(62-46-51(74(4,5)6)40-43-69(62)79-68)58-32-16-13-29-57(58)71-60(76)34-22-36-65(71)77(64-35-18-14-27-53(64)55-30-21-31-56-54-28-15-19-37-66(54)80-72(55)56)52-41-44-70-63(47-52)75(48-23-9-7-10-24-48,49-25-11-8-12-26-49)59-33-17-20-38-67(59)78-70/h7-47H,1-6H3. The number of rotatable bonds is 6. The number of benzene rings is 11. The van der Waals surface area contributed by atoms with Crippen molar-refractivity contribution >= 4 is 39.0 Å². The molecule has 0 amide bonds. The van der Waals surface area contributed by atoms with Gasteiger partial charge in [0, 0.05) is 55.4 Å². The highest BCUT2D eigenvalue weighted by Gasteiger charge is 2.53. The fourth-order valence-electron chi connectivity index (χ4n) is 13.7. The largest absolute Gasteiger partial charge is 0.457 e. The summed E-state index contributed by atoms with van der Waals surface area (Å²) in [5.41, 5.74) is 19.1. The van der Waals surface area contributed by atoms with Gasteiger partial charge in [-0.2, -0.15) is 0 Å². The maximum atomic E-state index is 7.11. The average molecular weight is 1030 g/mol. The van der Waals surface area contributed by atoms with Crippen LogP contribution in [0.4, 0.5) is 17.1 Å². The van der Waals surface area contributed by atoms with E-state index in [1.165, 1.54) is 27.8 Å². The van der Waals surface area contributed by atoms with Crippen molar-refractivity contribution in [2.24, 2.45) is 0 Å². The Morgan fingerprint density at radius 3 is 1.50 bits per heavy atom. The van der Waals surface area contributed by atoms with Crippen molar-refractivity contribution in [2.75, 3.05) is 4.90 Å². The molecule has 4 nitrogen and oxygen atoms in total. The molecule has 3 heterocycles. The molecule has 1 aliphatic carbocycles. The monoisotopic (exact) mass is 1030 g/mol. The van der Waals surface area contributed by atoms with E-state index in [0.29, 0.717) is 0 Å². The van der Waals surface area contributed by atoms with Crippen LogP contribution in [-0.2, 0) is 21.7 Å². The molecule has 1 spiro atoms. The third-order valence-electron chi connectivity index (χ3n) is 17.4. The summed E-state index contributed by atoms with van der Waals surface area (Å²) in [6.07, 6.45) is 0. The van der Waals surface area contributed by atoms with Crippen LogP contribution in [0.15, 0.2) is 253 Å². The molecule has 0 bridgehead atoms. The summed E-state index contributed by atoms with van der Waals surface area (Å²) in [5.74, 6) is 3.39. The maximum Gasteiger partial charge on any atom is 0.143 e. The summed E-state index contributed by atoms with van der Waals surface area (Å²) in [6.45, 7) is 13.8. The Morgan fingerprint density at radius 2 is 0.825 bits per heavy atom. The van der Waals surface area contributed by atoms with E-state index in [9.17, 15) is 0 Å². The molecular formula is C76H59NO3. The van der Waals surface area contributed by atoms with Crippen LogP contribution in [0.1, 0.15) is 97.2 Å². The Kier molecular flexibility index (Phi) is 10.5. The lowest BCUT2D eigenvalue weighted by molar-refractivity contribution is 0.433. The van der Waals surface area contributed by atoms with Crippen LogP contribution in [0, 0.1) is 0 Å². The van der Waals surface area contributed by atoms with Gasteiger partial charge in [0.2, 0.25) is 0 Å². The predicted molar refractivity (Wildman–Crippen MR) is 327 cm³/mol. The summed E-state index contributed by atoms with van der Waals surface area (Å²) >= 11 is 0. The summed E-state index contributed by atoms with van der Waals surface area (Å²) in [6, 6.07) is 91.1. The zero-order valence-corrected chi connectivity index (χ0v) is 45.8. The summed E-state index contributed by atoms with van der Waals surface area (Å²) in [5, 5.41) is 2.17. The quantitative estimate of drug-likeness (QED) is 0.166. The lowest BCUT2D eigenvalue weighted by atomic mass is 9.63. The zero-order chi connectivity index (χ0) is 54.1. The summed E-state index contributed by atoms with van der Waals surface area (Å²) < 4.78 is 21.1. The third-order valence-corrected chi connectivity index (χ3v) is 17.4. The van der Waals surface area contributed by atoms with Gasteiger partial charge in [-0.15, -0.1) is 0 Å². The molecule has 0 saturated carbocycles. The number of furan rings is 1. The molecule has 386 valence electrons. The first kappa shape index (κ1) is 47.8. The molecule has 80 heavy (non-hydrogen) atoms. The van der Waals surface area contributed by atoms with Crippen molar-refractivity contribution in [3.8, 4) is 45.3 Å². The molecule has 12 aromatic rings. The fraction of sp³-hybridized carbons (Fsp3) is 0.132. The van der Waals surface area contributed by atoms with E-state index in [2.05, 4.69) is 289 Å². The van der Waals surface area contributed by atoms with E-state index < -0.39 is 10.8 Å². The number of hydrogen-bond acceptors (Lipinski definition) is 4. The molecule has 0 radical (unpaired) electrons.